The van der Waals surface area contributed by atoms with Gasteiger partial charge in [0.15, 0.2) is 5.78 Å². The van der Waals surface area contributed by atoms with E-state index in [0.717, 1.165) is 6.08 Å². The number of H-pyrrole nitrogens is 1. The van der Waals surface area contributed by atoms with Crippen LogP contribution in [-0.2, 0) is 9.53 Å². The van der Waals surface area contributed by atoms with Crippen molar-refractivity contribution in [2.75, 3.05) is 13.7 Å². The lowest BCUT2D eigenvalue weighted by Crippen LogP contribution is -2.30. The Hall–Kier alpha value is -3.68. The third-order valence-electron chi connectivity index (χ3n) is 3.59. The number of pyridine rings is 1. The van der Waals surface area contributed by atoms with E-state index in [1.807, 2.05) is 0 Å². The maximum Gasteiger partial charge on any atom is 0.325 e. The summed E-state index contributed by atoms with van der Waals surface area (Å²) in [6.07, 6.45) is 2.54. The highest BCUT2D eigenvalue weighted by atomic mass is 16.5. The van der Waals surface area contributed by atoms with Gasteiger partial charge in [-0.3, -0.25) is 19.2 Å². The first-order valence-corrected chi connectivity index (χ1v) is 7.92. The molecule has 0 radical (unpaired) electrons. The molecule has 0 aliphatic carbocycles. The number of carbonyl (C=O) groups is 3. The predicted octanol–water partition coefficient (Wildman–Crippen LogP) is 1.19. The highest BCUT2D eigenvalue weighted by Gasteiger charge is 2.14. The molecule has 0 unspecified atom stereocenters. The van der Waals surface area contributed by atoms with E-state index >= 15 is 0 Å². The van der Waals surface area contributed by atoms with Gasteiger partial charge in [-0.2, -0.15) is 0 Å². The lowest BCUT2D eigenvalue weighted by atomic mass is 10.1. The van der Waals surface area contributed by atoms with Crippen molar-refractivity contribution in [1.82, 2.24) is 10.3 Å². The molecule has 0 aliphatic heterocycles. The highest BCUT2D eigenvalue weighted by molar-refractivity contribution is 6.08. The molecule has 1 amide bonds. The average Bonchev–Trinajstić information content (AvgIpc) is 2.63. The minimum absolute atomic E-state index is 0.261. The number of aryl methyl sites for hydroxylation is 1. The van der Waals surface area contributed by atoms with Crippen LogP contribution >= 0.6 is 0 Å². The van der Waals surface area contributed by atoms with Crippen molar-refractivity contribution < 1.29 is 24.2 Å². The molecule has 1 heterocycles. The molecule has 27 heavy (non-hydrogen) atoms. The molecule has 0 saturated heterocycles. The Morgan fingerprint density at radius 1 is 1.26 bits per heavy atom. The quantitative estimate of drug-likeness (QED) is 0.398. The van der Waals surface area contributed by atoms with Crippen LogP contribution in [0.5, 0.6) is 5.75 Å². The summed E-state index contributed by atoms with van der Waals surface area (Å²) in [5.74, 6) is -2.13. The van der Waals surface area contributed by atoms with Crippen molar-refractivity contribution in [2.45, 2.75) is 6.92 Å². The summed E-state index contributed by atoms with van der Waals surface area (Å²) in [7, 11) is 1.22. The maximum absolute atomic E-state index is 12.2. The molecule has 1 aromatic carbocycles. The summed E-state index contributed by atoms with van der Waals surface area (Å²) >= 11 is 0. The van der Waals surface area contributed by atoms with Gasteiger partial charge in [-0.05, 0) is 36.8 Å². The second-order valence-electron chi connectivity index (χ2n) is 5.62. The number of methoxy groups -OCH3 is 1. The van der Waals surface area contributed by atoms with E-state index in [0.29, 0.717) is 11.3 Å². The van der Waals surface area contributed by atoms with Gasteiger partial charge in [0.05, 0.1) is 7.11 Å². The van der Waals surface area contributed by atoms with E-state index in [1.165, 1.54) is 25.3 Å². The molecule has 0 atom stereocenters. The van der Waals surface area contributed by atoms with Crippen LogP contribution < -0.4 is 10.9 Å². The van der Waals surface area contributed by atoms with Crippen LogP contribution in [0, 0.1) is 6.92 Å². The third kappa shape index (κ3) is 5.15. The summed E-state index contributed by atoms with van der Waals surface area (Å²) < 4.78 is 4.44. The average molecular weight is 370 g/mol. The van der Waals surface area contributed by atoms with E-state index in [9.17, 15) is 24.3 Å². The van der Waals surface area contributed by atoms with Crippen LogP contribution in [0.25, 0.3) is 6.08 Å². The Balaban J connectivity index is 2.16. The smallest absolute Gasteiger partial charge is 0.325 e. The summed E-state index contributed by atoms with van der Waals surface area (Å²) in [6.45, 7) is 1.32. The van der Waals surface area contributed by atoms with Gasteiger partial charge in [0.2, 0.25) is 0 Å². The van der Waals surface area contributed by atoms with E-state index in [-0.39, 0.29) is 17.7 Å². The zero-order valence-corrected chi connectivity index (χ0v) is 14.7. The number of carbonyl (C=O) groups excluding carboxylic acids is 3. The summed E-state index contributed by atoms with van der Waals surface area (Å²) in [4.78, 5) is 49.6. The van der Waals surface area contributed by atoms with Crippen molar-refractivity contribution in [1.29, 1.82) is 0 Å². The Morgan fingerprint density at radius 3 is 2.67 bits per heavy atom. The van der Waals surface area contributed by atoms with Crippen molar-refractivity contribution in [3.8, 4) is 5.75 Å². The molecule has 1 aromatic heterocycles. The Morgan fingerprint density at radius 2 is 2.00 bits per heavy atom. The first-order chi connectivity index (χ1) is 12.8. The van der Waals surface area contributed by atoms with Gasteiger partial charge in [0.1, 0.15) is 17.9 Å². The Kier molecular flexibility index (Phi) is 6.27. The molecule has 0 spiro atoms. The molecule has 3 N–H and O–H groups in total. The molecule has 2 aromatic rings. The lowest BCUT2D eigenvalue weighted by molar-refractivity contribution is -0.139. The van der Waals surface area contributed by atoms with Crippen LogP contribution in [0.4, 0.5) is 0 Å². The first-order valence-electron chi connectivity index (χ1n) is 7.92. The molecule has 140 valence electrons. The number of rotatable bonds is 6. The number of amides is 1. The second kappa shape index (κ2) is 8.61. The van der Waals surface area contributed by atoms with E-state index in [2.05, 4.69) is 15.0 Å². The van der Waals surface area contributed by atoms with Gasteiger partial charge in [0, 0.05) is 11.3 Å². The van der Waals surface area contributed by atoms with E-state index in [1.54, 1.807) is 25.1 Å². The number of hydrogen-bond acceptors (Lipinski definition) is 6. The molecule has 0 aliphatic rings. The van der Waals surface area contributed by atoms with Crippen LogP contribution in [0.3, 0.4) is 0 Å². The first kappa shape index (κ1) is 19.6. The summed E-state index contributed by atoms with van der Waals surface area (Å²) in [6, 6.07) is 7.60. The zero-order chi connectivity index (χ0) is 20.0. The number of ketones is 1. The number of benzene rings is 1. The van der Waals surface area contributed by atoms with Gasteiger partial charge in [-0.15, -0.1) is 0 Å². The Labute approximate surface area is 154 Å². The molecule has 0 saturated carbocycles. The lowest BCUT2D eigenvalue weighted by Gasteiger charge is -2.05. The second-order valence-corrected chi connectivity index (χ2v) is 5.62. The Bertz CT molecular complexity index is 974. The number of hydrogen-bond donors (Lipinski definition) is 3. The van der Waals surface area contributed by atoms with Gasteiger partial charge < -0.3 is 20.1 Å². The molecule has 2 rings (SSSR count). The number of allylic oxidation sites excluding steroid dienone is 1. The highest BCUT2D eigenvalue weighted by Crippen LogP contribution is 2.15. The number of aromatic amines is 1. The zero-order valence-electron chi connectivity index (χ0n) is 14.7. The van der Waals surface area contributed by atoms with Gasteiger partial charge in [-0.25, -0.2) is 0 Å². The monoisotopic (exact) mass is 370 g/mol. The van der Waals surface area contributed by atoms with Crippen LogP contribution in [0.15, 0.2) is 41.2 Å². The summed E-state index contributed by atoms with van der Waals surface area (Å²) in [5, 5.41) is 12.2. The van der Waals surface area contributed by atoms with E-state index in [4.69, 9.17) is 0 Å². The van der Waals surface area contributed by atoms with Gasteiger partial charge in [0.25, 0.3) is 11.5 Å². The number of aromatic hydroxyl groups is 1. The number of nitrogens with one attached hydrogen (secondary N) is 2. The molecule has 8 nitrogen and oxygen atoms in total. The maximum atomic E-state index is 12.2. The fourth-order valence-electron chi connectivity index (χ4n) is 2.27. The molecular weight excluding hydrogens is 352 g/mol. The normalized spacial score (nSPS) is 10.6. The van der Waals surface area contributed by atoms with Crippen molar-refractivity contribution in [2.24, 2.45) is 0 Å². The summed E-state index contributed by atoms with van der Waals surface area (Å²) in [5.41, 5.74) is 0.201. The fourth-order valence-corrected chi connectivity index (χ4v) is 2.27. The molecule has 0 bridgehead atoms. The molecule has 8 heteroatoms. The number of ether oxygens (including phenoxy) is 1. The van der Waals surface area contributed by atoms with Crippen molar-refractivity contribution in [3.05, 3.63) is 69.1 Å². The van der Waals surface area contributed by atoms with Crippen LogP contribution in [0.1, 0.15) is 32.0 Å². The van der Waals surface area contributed by atoms with Crippen LogP contribution in [0.2, 0.25) is 0 Å². The van der Waals surface area contributed by atoms with Gasteiger partial charge in [-0.1, -0.05) is 18.2 Å². The predicted molar refractivity (Wildman–Crippen MR) is 97.6 cm³/mol. The minimum atomic E-state index is -0.682. The van der Waals surface area contributed by atoms with Crippen molar-refractivity contribution >= 4 is 23.7 Å². The topological polar surface area (TPSA) is 126 Å². The molecule has 0 fully saturated rings. The number of esters is 1. The molecular formula is C19H18N2O6. The van der Waals surface area contributed by atoms with Crippen LogP contribution in [-0.4, -0.2) is 41.4 Å². The van der Waals surface area contributed by atoms with E-state index < -0.39 is 29.0 Å². The fraction of sp³-hybridized carbons (Fsp3) is 0.158. The third-order valence-corrected chi connectivity index (χ3v) is 3.59. The largest absolute Gasteiger partial charge is 0.507 e. The number of aromatic nitrogens is 1. The SMILES string of the molecule is COC(=O)CNC(=O)c1cccc(/C=C/C(=O)c2c(O)cc(C)[nH]c2=O)c1. The van der Waals surface area contributed by atoms with Crippen molar-refractivity contribution in [3.63, 3.8) is 0 Å². The van der Waals surface area contributed by atoms with Gasteiger partial charge >= 0.3 is 5.97 Å². The standard InChI is InChI=1S/C19H18N2O6/c1-11-8-15(23)17(19(26)21-11)14(22)7-6-12-4-3-5-13(9-12)18(25)20-10-16(24)27-2/h3-9H,10H2,1-2H3,(H,20,25)(H2,21,23,26)/b7-6+. The minimum Gasteiger partial charge on any atom is -0.507 e.